The van der Waals surface area contributed by atoms with Crippen LogP contribution in [0.4, 0.5) is 0 Å². The SMILES string of the molecule is Cc1ccc(C(=O)N2CCC(NS(=O)(=O)c3ccccc3)CC2)cn1. The van der Waals surface area contributed by atoms with E-state index in [-0.39, 0.29) is 16.8 Å². The highest BCUT2D eigenvalue weighted by Gasteiger charge is 2.27. The number of likely N-dealkylation sites (tertiary alicyclic amines) is 1. The summed E-state index contributed by atoms with van der Waals surface area (Å²) >= 11 is 0. The number of sulfonamides is 1. The summed E-state index contributed by atoms with van der Waals surface area (Å²) < 4.78 is 27.5. The normalized spacial score (nSPS) is 16.0. The van der Waals surface area contributed by atoms with E-state index in [9.17, 15) is 13.2 Å². The molecule has 3 rings (SSSR count). The van der Waals surface area contributed by atoms with Gasteiger partial charge in [-0.25, -0.2) is 13.1 Å². The number of hydrogen-bond acceptors (Lipinski definition) is 4. The van der Waals surface area contributed by atoms with Crippen LogP contribution in [-0.4, -0.2) is 43.3 Å². The first kappa shape index (κ1) is 17.6. The molecule has 132 valence electrons. The molecule has 1 aliphatic rings. The van der Waals surface area contributed by atoms with Crippen molar-refractivity contribution in [2.75, 3.05) is 13.1 Å². The zero-order chi connectivity index (χ0) is 17.9. The fourth-order valence-electron chi connectivity index (χ4n) is 2.86. The highest BCUT2D eigenvalue weighted by atomic mass is 32.2. The molecule has 0 spiro atoms. The maximum atomic E-state index is 12.5. The van der Waals surface area contributed by atoms with Crippen LogP contribution in [0.25, 0.3) is 0 Å². The molecule has 6 nitrogen and oxygen atoms in total. The number of carbonyl (C=O) groups excluding carboxylic acids is 1. The number of pyridine rings is 1. The second-order valence-electron chi connectivity index (χ2n) is 6.19. The lowest BCUT2D eigenvalue weighted by atomic mass is 10.1. The zero-order valence-corrected chi connectivity index (χ0v) is 14.9. The van der Waals surface area contributed by atoms with Crippen molar-refractivity contribution in [1.29, 1.82) is 0 Å². The third-order valence-corrected chi connectivity index (χ3v) is 5.85. The third-order valence-electron chi connectivity index (χ3n) is 4.32. The Morgan fingerprint density at radius 1 is 1.12 bits per heavy atom. The van der Waals surface area contributed by atoms with Crippen molar-refractivity contribution in [1.82, 2.24) is 14.6 Å². The van der Waals surface area contributed by atoms with Crippen LogP contribution in [0.2, 0.25) is 0 Å². The van der Waals surface area contributed by atoms with Crippen molar-refractivity contribution in [3.63, 3.8) is 0 Å². The molecule has 25 heavy (non-hydrogen) atoms. The van der Waals surface area contributed by atoms with Gasteiger partial charge in [0, 0.05) is 31.0 Å². The summed E-state index contributed by atoms with van der Waals surface area (Å²) in [5.74, 6) is -0.0585. The summed E-state index contributed by atoms with van der Waals surface area (Å²) in [7, 11) is -3.52. The van der Waals surface area contributed by atoms with E-state index < -0.39 is 10.0 Å². The van der Waals surface area contributed by atoms with Gasteiger partial charge in [0.1, 0.15) is 0 Å². The maximum absolute atomic E-state index is 12.5. The van der Waals surface area contributed by atoms with E-state index >= 15 is 0 Å². The third kappa shape index (κ3) is 4.24. The highest BCUT2D eigenvalue weighted by molar-refractivity contribution is 7.89. The number of aryl methyl sites for hydroxylation is 1. The van der Waals surface area contributed by atoms with Gasteiger partial charge in [0.15, 0.2) is 0 Å². The first-order valence-electron chi connectivity index (χ1n) is 8.25. The van der Waals surface area contributed by atoms with Gasteiger partial charge < -0.3 is 4.90 Å². The van der Waals surface area contributed by atoms with Crippen LogP contribution in [0, 0.1) is 6.92 Å². The minimum atomic E-state index is -3.52. The lowest BCUT2D eigenvalue weighted by molar-refractivity contribution is 0.0711. The van der Waals surface area contributed by atoms with Crippen molar-refractivity contribution in [3.05, 3.63) is 59.9 Å². The molecule has 7 heteroatoms. The number of nitrogens with zero attached hydrogens (tertiary/aromatic N) is 2. The fraction of sp³-hybridized carbons (Fsp3) is 0.333. The summed E-state index contributed by atoms with van der Waals surface area (Å²) in [4.78, 5) is 18.6. The van der Waals surface area contributed by atoms with E-state index in [4.69, 9.17) is 0 Å². The van der Waals surface area contributed by atoms with Gasteiger partial charge in [-0.2, -0.15) is 0 Å². The van der Waals surface area contributed by atoms with Crippen molar-refractivity contribution < 1.29 is 13.2 Å². The molecule has 1 fully saturated rings. The number of rotatable bonds is 4. The number of hydrogen-bond donors (Lipinski definition) is 1. The predicted molar refractivity (Wildman–Crippen MR) is 94.7 cm³/mol. The molecule has 0 aliphatic carbocycles. The van der Waals surface area contributed by atoms with Crippen LogP contribution in [-0.2, 0) is 10.0 Å². The Labute approximate surface area is 147 Å². The molecule has 0 saturated carbocycles. The van der Waals surface area contributed by atoms with E-state index in [1.54, 1.807) is 47.5 Å². The molecule has 1 saturated heterocycles. The van der Waals surface area contributed by atoms with E-state index in [1.807, 2.05) is 13.0 Å². The Hall–Kier alpha value is -2.25. The molecule has 1 N–H and O–H groups in total. The Balaban J connectivity index is 1.58. The number of benzene rings is 1. The molecule has 0 unspecified atom stereocenters. The van der Waals surface area contributed by atoms with Gasteiger partial charge in [-0.15, -0.1) is 0 Å². The summed E-state index contributed by atoms with van der Waals surface area (Å²) in [6, 6.07) is 11.8. The van der Waals surface area contributed by atoms with Crippen LogP contribution < -0.4 is 4.72 Å². The fourth-order valence-corrected chi connectivity index (χ4v) is 4.19. The zero-order valence-electron chi connectivity index (χ0n) is 14.1. The maximum Gasteiger partial charge on any atom is 0.255 e. The van der Waals surface area contributed by atoms with Crippen molar-refractivity contribution in [2.45, 2.75) is 30.7 Å². The van der Waals surface area contributed by atoms with Crippen LogP contribution in [0.3, 0.4) is 0 Å². The molecular weight excluding hydrogens is 338 g/mol. The number of nitrogens with one attached hydrogen (secondary N) is 1. The molecule has 2 heterocycles. The van der Waals surface area contributed by atoms with Gasteiger partial charge in [-0.3, -0.25) is 9.78 Å². The van der Waals surface area contributed by atoms with Gasteiger partial charge in [-0.05, 0) is 44.0 Å². The summed E-state index contributed by atoms with van der Waals surface area (Å²) in [5, 5.41) is 0. The van der Waals surface area contributed by atoms with E-state index in [0.29, 0.717) is 31.5 Å². The molecule has 0 radical (unpaired) electrons. The van der Waals surface area contributed by atoms with Crippen LogP contribution in [0.1, 0.15) is 28.9 Å². The molecule has 1 aromatic heterocycles. The minimum Gasteiger partial charge on any atom is -0.338 e. The average Bonchev–Trinajstić information content (AvgIpc) is 2.63. The topological polar surface area (TPSA) is 79.4 Å². The summed E-state index contributed by atoms with van der Waals surface area (Å²) in [6.07, 6.45) is 2.77. The first-order valence-corrected chi connectivity index (χ1v) is 9.73. The highest BCUT2D eigenvalue weighted by Crippen LogP contribution is 2.17. The molecule has 0 atom stereocenters. The molecule has 1 aliphatic heterocycles. The van der Waals surface area contributed by atoms with Gasteiger partial charge in [0.25, 0.3) is 5.91 Å². The minimum absolute atomic E-state index is 0.0585. The molecule has 0 bridgehead atoms. The number of aromatic nitrogens is 1. The van der Waals surface area contributed by atoms with Crippen molar-refractivity contribution in [3.8, 4) is 0 Å². The van der Waals surface area contributed by atoms with Crippen molar-refractivity contribution in [2.24, 2.45) is 0 Å². The smallest absolute Gasteiger partial charge is 0.255 e. The Morgan fingerprint density at radius 2 is 1.80 bits per heavy atom. The van der Waals surface area contributed by atoms with Gasteiger partial charge in [-0.1, -0.05) is 18.2 Å². The van der Waals surface area contributed by atoms with Crippen LogP contribution in [0.15, 0.2) is 53.6 Å². The van der Waals surface area contributed by atoms with Crippen LogP contribution >= 0.6 is 0 Å². The lowest BCUT2D eigenvalue weighted by Gasteiger charge is -2.32. The van der Waals surface area contributed by atoms with Gasteiger partial charge in [0.05, 0.1) is 10.5 Å². The number of piperidine rings is 1. The van der Waals surface area contributed by atoms with E-state index in [1.165, 1.54) is 0 Å². The monoisotopic (exact) mass is 359 g/mol. The van der Waals surface area contributed by atoms with Gasteiger partial charge >= 0.3 is 0 Å². The van der Waals surface area contributed by atoms with E-state index in [2.05, 4.69) is 9.71 Å². The largest absolute Gasteiger partial charge is 0.338 e. The lowest BCUT2D eigenvalue weighted by Crippen LogP contribution is -2.46. The molecule has 1 aromatic carbocycles. The predicted octanol–water partition coefficient (Wildman–Crippen LogP) is 1.97. The molecular formula is C18H21N3O3S. The molecule has 2 aromatic rings. The average molecular weight is 359 g/mol. The summed E-state index contributed by atoms with van der Waals surface area (Å²) in [5.41, 5.74) is 1.43. The Bertz CT molecular complexity index is 828. The number of amides is 1. The van der Waals surface area contributed by atoms with Gasteiger partial charge in [0.2, 0.25) is 10.0 Å². The van der Waals surface area contributed by atoms with E-state index in [0.717, 1.165) is 5.69 Å². The standard InChI is InChI=1S/C18H21N3O3S/c1-14-7-8-15(13-19-14)18(22)21-11-9-16(10-12-21)20-25(23,24)17-5-3-2-4-6-17/h2-8,13,16,20H,9-12H2,1H3. The van der Waals surface area contributed by atoms with Crippen LogP contribution in [0.5, 0.6) is 0 Å². The Morgan fingerprint density at radius 3 is 2.40 bits per heavy atom. The quantitative estimate of drug-likeness (QED) is 0.905. The first-order chi connectivity index (χ1) is 12.0. The second kappa shape index (κ2) is 7.33. The second-order valence-corrected chi connectivity index (χ2v) is 7.90. The number of carbonyl (C=O) groups is 1. The Kier molecular flexibility index (Phi) is 5.15. The van der Waals surface area contributed by atoms with Crippen molar-refractivity contribution >= 4 is 15.9 Å². The summed E-state index contributed by atoms with van der Waals surface area (Å²) in [6.45, 7) is 2.92. The molecule has 1 amide bonds.